The van der Waals surface area contributed by atoms with Gasteiger partial charge >= 0.3 is 6.18 Å². The number of nitrogens with zero attached hydrogens (tertiary/aromatic N) is 3. The number of nitro groups is 1. The van der Waals surface area contributed by atoms with Crippen LogP contribution in [0.1, 0.15) is 22.5 Å². The molecule has 0 aliphatic carbocycles. The van der Waals surface area contributed by atoms with Crippen LogP contribution in [-0.4, -0.2) is 15.7 Å². The molecule has 3 aromatic rings. The molecule has 3 rings (SSSR count). The van der Waals surface area contributed by atoms with Gasteiger partial charge < -0.3 is 4.57 Å². The molecule has 0 fully saturated rings. The SMILES string of the molecule is Cc1cc(/C=N\Nc2ccc(C(F)(F)F)cc2[N+](=O)[O-])c(C)n1-c1ccc(F)c(Cl)c1. The zero-order chi connectivity index (χ0) is 22.9. The molecule has 0 spiro atoms. The first-order chi connectivity index (χ1) is 14.5. The predicted molar refractivity (Wildman–Crippen MR) is 110 cm³/mol. The van der Waals surface area contributed by atoms with Crippen molar-refractivity contribution >= 4 is 29.2 Å². The number of rotatable bonds is 5. The molecule has 11 heteroatoms. The van der Waals surface area contributed by atoms with Crippen molar-refractivity contribution in [3.63, 3.8) is 0 Å². The fraction of sp³-hybridized carbons (Fsp3) is 0.150. The minimum atomic E-state index is -4.70. The van der Waals surface area contributed by atoms with E-state index in [4.69, 9.17) is 11.6 Å². The van der Waals surface area contributed by atoms with E-state index < -0.39 is 28.2 Å². The zero-order valence-electron chi connectivity index (χ0n) is 16.2. The standard InChI is InChI=1S/C20H15ClF4N4O2/c1-11-7-13(12(2)28(11)15-4-5-17(22)16(21)9-15)10-26-27-18-6-3-14(20(23,24)25)8-19(18)29(30)31/h3-10,27H,1-2H3/b26-10-. The van der Waals surface area contributed by atoms with Crippen LogP contribution in [-0.2, 0) is 6.18 Å². The molecule has 0 atom stereocenters. The molecule has 162 valence electrons. The molecule has 0 unspecified atom stereocenters. The summed E-state index contributed by atoms with van der Waals surface area (Å²) in [6, 6.07) is 8.18. The number of aryl methyl sites for hydroxylation is 1. The molecule has 0 saturated heterocycles. The summed E-state index contributed by atoms with van der Waals surface area (Å²) >= 11 is 5.86. The second-order valence-corrected chi connectivity index (χ2v) is 7.02. The summed E-state index contributed by atoms with van der Waals surface area (Å²) in [6.45, 7) is 3.60. The van der Waals surface area contributed by atoms with Gasteiger partial charge in [0.15, 0.2) is 0 Å². The highest BCUT2D eigenvalue weighted by molar-refractivity contribution is 6.30. The van der Waals surface area contributed by atoms with Crippen molar-refractivity contribution in [3.8, 4) is 5.69 Å². The van der Waals surface area contributed by atoms with Crippen molar-refractivity contribution in [1.82, 2.24) is 4.57 Å². The summed E-state index contributed by atoms with van der Waals surface area (Å²) in [5.41, 5.74) is 3.14. The van der Waals surface area contributed by atoms with Crippen molar-refractivity contribution in [2.75, 3.05) is 5.43 Å². The molecule has 0 amide bonds. The Morgan fingerprint density at radius 2 is 1.87 bits per heavy atom. The Bertz CT molecular complexity index is 1190. The maximum Gasteiger partial charge on any atom is 0.416 e. The van der Waals surface area contributed by atoms with E-state index in [0.29, 0.717) is 17.3 Å². The molecule has 0 radical (unpaired) electrons. The smallest absolute Gasteiger partial charge is 0.318 e. The topological polar surface area (TPSA) is 72.5 Å². The van der Waals surface area contributed by atoms with E-state index in [2.05, 4.69) is 10.5 Å². The molecule has 0 bridgehead atoms. The molecule has 0 saturated carbocycles. The lowest BCUT2D eigenvalue weighted by atomic mass is 10.1. The van der Waals surface area contributed by atoms with Crippen LogP contribution in [0.15, 0.2) is 47.6 Å². The molecule has 0 aliphatic rings. The number of anilines is 1. The fourth-order valence-electron chi connectivity index (χ4n) is 3.06. The Kier molecular flexibility index (Phi) is 6.03. The minimum Gasteiger partial charge on any atom is -0.318 e. The second kappa shape index (κ2) is 8.38. The summed E-state index contributed by atoms with van der Waals surface area (Å²) in [5.74, 6) is -0.544. The van der Waals surface area contributed by atoms with Crippen LogP contribution in [0, 0.1) is 29.8 Å². The lowest BCUT2D eigenvalue weighted by molar-refractivity contribution is -0.384. The lowest BCUT2D eigenvalue weighted by Crippen LogP contribution is -2.06. The third kappa shape index (κ3) is 4.69. The molecule has 2 aromatic carbocycles. The number of aromatic nitrogens is 1. The van der Waals surface area contributed by atoms with E-state index in [-0.39, 0.29) is 10.7 Å². The Morgan fingerprint density at radius 1 is 1.16 bits per heavy atom. The number of alkyl halides is 3. The van der Waals surface area contributed by atoms with Gasteiger partial charge in [0.25, 0.3) is 5.69 Å². The maximum absolute atomic E-state index is 13.4. The Labute approximate surface area is 178 Å². The second-order valence-electron chi connectivity index (χ2n) is 6.62. The van der Waals surface area contributed by atoms with E-state index in [1.807, 2.05) is 11.5 Å². The van der Waals surface area contributed by atoms with Gasteiger partial charge in [-0.1, -0.05) is 11.6 Å². The molecule has 6 nitrogen and oxygen atoms in total. The summed E-state index contributed by atoms with van der Waals surface area (Å²) in [6.07, 6.45) is -3.32. The van der Waals surface area contributed by atoms with Crippen molar-refractivity contribution in [3.05, 3.63) is 85.9 Å². The average Bonchev–Trinajstić information content (AvgIpc) is 2.96. The van der Waals surface area contributed by atoms with Gasteiger partial charge in [-0.25, -0.2) is 4.39 Å². The van der Waals surface area contributed by atoms with E-state index in [1.54, 1.807) is 19.1 Å². The van der Waals surface area contributed by atoms with Crippen LogP contribution in [0.25, 0.3) is 5.69 Å². The number of benzene rings is 2. The summed E-state index contributed by atoms with van der Waals surface area (Å²) in [4.78, 5) is 10.2. The Morgan fingerprint density at radius 3 is 2.48 bits per heavy atom. The number of nitrogens with one attached hydrogen (secondary N) is 1. The first kappa shape index (κ1) is 22.3. The first-order valence-corrected chi connectivity index (χ1v) is 9.16. The van der Waals surface area contributed by atoms with Crippen LogP contribution in [0.2, 0.25) is 5.02 Å². The van der Waals surface area contributed by atoms with Crippen molar-refractivity contribution in [2.45, 2.75) is 20.0 Å². The minimum absolute atomic E-state index is 0.0310. The van der Waals surface area contributed by atoms with Gasteiger partial charge in [-0.05, 0) is 50.2 Å². The molecule has 0 aliphatic heterocycles. The van der Waals surface area contributed by atoms with Crippen molar-refractivity contribution < 1.29 is 22.5 Å². The van der Waals surface area contributed by atoms with E-state index in [1.165, 1.54) is 18.3 Å². The maximum atomic E-state index is 13.4. The third-order valence-corrected chi connectivity index (χ3v) is 4.83. The van der Waals surface area contributed by atoms with Gasteiger partial charge in [0, 0.05) is 28.7 Å². The highest BCUT2D eigenvalue weighted by Crippen LogP contribution is 2.35. The van der Waals surface area contributed by atoms with Crippen LogP contribution in [0.3, 0.4) is 0 Å². The normalized spacial score (nSPS) is 11.8. The van der Waals surface area contributed by atoms with E-state index in [0.717, 1.165) is 23.5 Å². The van der Waals surface area contributed by atoms with Gasteiger partial charge in [-0.3, -0.25) is 15.5 Å². The van der Waals surface area contributed by atoms with Crippen molar-refractivity contribution in [2.24, 2.45) is 5.10 Å². The number of hydrazone groups is 1. The molecule has 1 N–H and O–H groups in total. The van der Waals surface area contributed by atoms with E-state index in [9.17, 15) is 27.7 Å². The Hall–Kier alpha value is -3.40. The fourth-order valence-corrected chi connectivity index (χ4v) is 3.24. The molecule has 31 heavy (non-hydrogen) atoms. The molecule has 1 heterocycles. The van der Waals surface area contributed by atoms with Crippen LogP contribution in [0.4, 0.5) is 28.9 Å². The van der Waals surface area contributed by atoms with Crippen LogP contribution < -0.4 is 5.43 Å². The van der Waals surface area contributed by atoms with Crippen molar-refractivity contribution in [1.29, 1.82) is 0 Å². The predicted octanol–water partition coefficient (Wildman–Crippen LogP) is 6.26. The summed E-state index contributed by atoms with van der Waals surface area (Å²) in [5, 5.41) is 15.0. The number of nitro benzene ring substituents is 1. The first-order valence-electron chi connectivity index (χ1n) is 8.78. The van der Waals surface area contributed by atoms with Gasteiger partial charge in [-0.2, -0.15) is 18.3 Å². The lowest BCUT2D eigenvalue weighted by Gasteiger charge is -2.10. The monoisotopic (exact) mass is 454 g/mol. The van der Waals surface area contributed by atoms with Crippen LogP contribution in [0.5, 0.6) is 0 Å². The van der Waals surface area contributed by atoms with Gasteiger partial charge in [0.2, 0.25) is 0 Å². The quantitative estimate of drug-likeness (QED) is 0.214. The average molecular weight is 455 g/mol. The molecule has 1 aromatic heterocycles. The number of hydrogen-bond acceptors (Lipinski definition) is 4. The number of hydrogen-bond donors (Lipinski definition) is 1. The zero-order valence-corrected chi connectivity index (χ0v) is 16.9. The Balaban J connectivity index is 1.88. The third-order valence-electron chi connectivity index (χ3n) is 4.54. The highest BCUT2D eigenvalue weighted by atomic mass is 35.5. The highest BCUT2D eigenvalue weighted by Gasteiger charge is 2.33. The number of halogens is 5. The molecular formula is C20H15ClF4N4O2. The largest absolute Gasteiger partial charge is 0.416 e. The molecular weight excluding hydrogens is 440 g/mol. The van der Waals surface area contributed by atoms with Gasteiger partial charge in [0.05, 0.1) is 21.7 Å². The van der Waals surface area contributed by atoms with Gasteiger partial charge in [-0.15, -0.1) is 0 Å². The summed E-state index contributed by atoms with van der Waals surface area (Å²) in [7, 11) is 0. The van der Waals surface area contributed by atoms with E-state index >= 15 is 0 Å². The van der Waals surface area contributed by atoms with Gasteiger partial charge in [0.1, 0.15) is 11.5 Å². The van der Waals surface area contributed by atoms with Crippen LogP contribution >= 0.6 is 11.6 Å². The summed E-state index contributed by atoms with van der Waals surface area (Å²) < 4.78 is 53.7.